The Hall–Kier alpha value is -3.24. The molecule has 0 aliphatic carbocycles. The van der Waals surface area contributed by atoms with Gasteiger partial charge in [-0.2, -0.15) is 0 Å². The van der Waals surface area contributed by atoms with Crippen LogP contribution in [0.1, 0.15) is 5.56 Å². The first-order chi connectivity index (χ1) is 18.5. The third-order valence-electron chi connectivity index (χ3n) is 6.20. The number of aryl methyl sites for hydroxylation is 1. The summed E-state index contributed by atoms with van der Waals surface area (Å²) in [6, 6.07) is 21.2. The number of ether oxygens (including phenoxy) is 2. The predicted molar refractivity (Wildman–Crippen MR) is 157 cm³/mol. The minimum atomic E-state index is -0.299. The zero-order valence-electron chi connectivity index (χ0n) is 21.1. The van der Waals surface area contributed by atoms with Crippen LogP contribution in [0, 0.1) is 6.92 Å². The van der Waals surface area contributed by atoms with Crippen LogP contribution in [0.5, 0.6) is 5.75 Å². The molecule has 38 heavy (non-hydrogen) atoms. The van der Waals surface area contributed by atoms with Crippen LogP contribution in [0.2, 0.25) is 0 Å². The maximum atomic E-state index is 12.4. The lowest BCUT2D eigenvalue weighted by Crippen LogP contribution is -2.38. The molecule has 0 radical (unpaired) electrons. The van der Waals surface area contributed by atoms with Gasteiger partial charge >= 0.3 is 6.03 Å². The van der Waals surface area contributed by atoms with E-state index in [1.54, 1.807) is 11.3 Å². The van der Waals surface area contributed by atoms with E-state index in [4.69, 9.17) is 14.5 Å². The first-order valence-electron chi connectivity index (χ1n) is 12.5. The Bertz CT molecular complexity index is 1370. The highest BCUT2D eigenvalue weighted by atomic mass is 79.9. The smallest absolute Gasteiger partial charge is 0.323 e. The first kappa shape index (κ1) is 26.4. The Kier molecular flexibility index (Phi) is 8.70. The topological polar surface area (TPSA) is 75.7 Å². The van der Waals surface area contributed by atoms with Crippen LogP contribution >= 0.6 is 27.3 Å². The summed E-state index contributed by atoms with van der Waals surface area (Å²) in [5.74, 6) is 0.862. The van der Waals surface area contributed by atoms with Crippen molar-refractivity contribution in [3.05, 3.63) is 82.1 Å². The summed E-state index contributed by atoms with van der Waals surface area (Å²) in [5, 5.41) is 8.73. The van der Waals surface area contributed by atoms with Crippen LogP contribution in [-0.4, -0.2) is 55.4 Å². The van der Waals surface area contributed by atoms with E-state index < -0.39 is 0 Å². The quantitative estimate of drug-likeness (QED) is 0.233. The number of nitrogens with one attached hydrogen (secondary N) is 2. The average molecular weight is 594 g/mol. The molecule has 1 aliphatic rings. The van der Waals surface area contributed by atoms with Gasteiger partial charge in [0.05, 0.1) is 24.6 Å². The molecule has 9 heteroatoms. The second-order valence-corrected chi connectivity index (χ2v) is 10.7. The van der Waals surface area contributed by atoms with Gasteiger partial charge in [-0.1, -0.05) is 18.2 Å². The van der Waals surface area contributed by atoms with Crippen LogP contribution in [0.4, 0.5) is 16.2 Å². The number of aromatic nitrogens is 1. The van der Waals surface area contributed by atoms with E-state index in [0.717, 1.165) is 70.5 Å². The van der Waals surface area contributed by atoms with Crippen LogP contribution in [0.25, 0.3) is 21.8 Å². The van der Waals surface area contributed by atoms with Gasteiger partial charge < -0.3 is 20.1 Å². The molecule has 0 unspecified atom stereocenters. The molecule has 1 fully saturated rings. The Morgan fingerprint density at radius 3 is 2.50 bits per heavy atom. The summed E-state index contributed by atoms with van der Waals surface area (Å²) in [7, 11) is 0. The van der Waals surface area contributed by atoms with Crippen LogP contribution in [0.15, 0.2) is 76.6 Å². The van der Waals surface area contributed by atoms with Gasteiger partial charge in [-0.25, -0.2) is 9.78 Å². The van der Waals surface area contributed by atoms with Gasteiger partial charge in [-0.15, -0.1) is 11.3 Å². The number of anilines is 2. The van der Waals surface area contributed by atoms with Crippen molar-refractivity contribution < 1.29 is 14.3 Å². The molecule has 1 aliphatic heterocycles. The fourth-order valence-electron chi connectivity index (χ4n) is 4.08. The van der Waals surface area contributed by atoms with Crippen molar-refractivity contribution >= 4 is 44.7 Å². The molecule has 1 saturated heterocycles. The lowest BCUT2D eigenvalue weighted by atomic mass is 10.1. The Labute approximate surface area is 234 Å². The molecule has 4 aromatic rings. The van der Waals surface area contributed by atoms with E-state index in [1.165, 1.54) is 0 Å². The molecule has 1 aromatic heterocycles. The summed E-state index contributed by atoms with van der Waals surface area (Å²) in [5.41, 5.74) is 5.48. The Morgan fingerprint density at radius 2 is 1.76 bits per heavy atom. The van der Waals surface area contributed by atoms with Gasteiger partial charge in [0.15, 0.2) is 0 Å². The zero-order valence-corrected chi connectivity index (χ0v) is 23.5. The van der Waals surface area contributed by atoms with Gasteiger partial charge in [0.2, 0.25) is 0 Å². The molecule has 0 atom stereocenters. The molecule has 0 bridgehead atoms. The highest BCUT2D eigenvalue weighted by molar-refractivity contribution is 9.10. The van der Waals surface area contributed by atoms with Crippen LogP contribution in [0.3, 0.4) is 0 Å². The summed E-state index contributed by atoms with van der Waals surface area (Å²) >= 11 is 5.09. The first-order valence-corrected chi connectivity index (χ1v) is 14.1. The number of carbonyl (C=O) groups excluding carboxylic acids is 1. The van der Waals surface area contributed by atoms with Crippen molar-refractivity contribution in [1.82, 2.24) is 9.88 Å². The van der Waals surface area contributed by atoms with Crippen molar-refractivity contribution in [1.29, 1.82) is 0 Å². The SMILES string of the molecule is Cc1ccc(NC(=O)Nc2ccc(-c3csc(-c4ccc(OCCN5CCOCC5)cc4)n3)cc2)c(Br)c1. The molecule has 7 nitrogen and oxygen atoms in total. The zero-order chi connectivity index (χ0) is 26.3. The second kappa shape index (κ2) is 12.5. The molecule has 3 aromatic carbocycles. The standard InChI is InChI=1S/C29H29BrN4O3S/c1-20-2-11-26(25(30)18-20)33-29(35)31-23-7-3-21(4-8-23)27-19-38-28(32-27)22-5-9-24(10-6-22)37-17-14-34-12-15-36-16-13-34/h2-11,18-19H,12-17H2,1H3,(H2,31,33,35). The molecule has 5 rings (SSSR count). The number of halogens is 1. The van der Waals surface area contributed by atoms with Crippen molar-refractivity contribution in [3.8, 4) is 27.6 Å². The molecule has 196 valence electrons. The lowest BCUT2D eigenvalue weighted by molar-refractivity contribution is 0.0322. The van der Waals surface area contributed by atoms with Crippen LogP contribution < -0.4 is 15.4 Å². The van der Waals surface area contributed by atoms with Crippen LogP contribution in [-0.2, 0) is 4.74 Å². The molecule has 2 heterocycles. The van der Waals surface area contributed by atoms with Gasteiger partial charge in [0.25, 0.3) is 0 Å². The lowest BCUT2D eigenvalue weighted by Gasteiger charge is -2.26. The van der Waals surface area contributed by atoms with E-state index in [2.05, 4.69) is 31.5 Å². The molecule has 2 N–H and O–H groups in total. The van der Waals surface area contributed by atoms with E-state index in [1.807, 2.05) is 79.0 Å². The fraction of sp³-hybridized carbons (Fsp3) is 0.241. The third-order valence-corrected chi connectivity index (χ3v) is 7.74. The number of morpholine rings is 1. The summed E-state index contributed by atoms with van der Waals surface area (Å²) in [6.07, 6.45) is 0. The van der Waals surface area contributed by atoms with E-state index >= 15 is 0 Å². The van der Waals surface area contributed by atoms with Gasteiger partial charge in [-0.05, 0) is 76.9 Å². The minimum Gasteiger partial charge on any atom is -0.492 e. The third kappa shape index (κ3) is 6.99. The van der Waals surface area contributed by atoms with Crippen molar-refractivity contribution in [2.24, 2.45) is 0 Å². The van der Waals surface area contributed by atoms with Gasteiger partial charge in [0, 0.05) is 46.3 Å². The van der Waals surface area contributed by atoms with E-state index in [0.29, 0.717) is 18.0 Å². The highest BCUT2D eigenvalue weighted by Crippen LogP contribution is 2.30. The van der Waals surface area contributed by atoms with E-state index in [-0.39, 0.29) is 6.03 Å². The number of amides is 2. The average Bonchev–Trinajstić information content (AvgIpc) is 3.42. The molecule has 0 saturated carbocycles. The minimum absolute atomic E-state index is 0.299. The summed E-state index contributed by atoms with van der Waals surface area (Å²) in [6.45, 7) is 7.11. The number of hydrogen-bond donors (Lipinski definition) is 2. The molecular weight excluding hydrogens is 564 g/mol. The number of nitrogens with zero attached hydrogens (tertiary/aromatic N) is 2. The number of urea groups is 1. The van der Waals surface area contributed by atoms with Gasteiger partial charge in [-0.3, -0.25) is 4.90 Å². The normalized spacial score (nSPS) is 13.7. The van der Waals surface area contributed by atoms with Crippen molar-refractivity contribution in [2.45, 2.75) is 6.92 Å². The number of thiazole rings is 1. The van der Waals surface area contributed by atoms with E-state index in [9.17, 15) is 4.79 Å². The summed E-state index contributed by atoms with van der Waals surface area (Å²) < 4.78 is 12.1. The second-order valence-electron chi connectivity index (χ2n) is 9.00. The molecular formula is C29H29BrN4O3S. The maximum absolute atomic E-state index is 12.4. The monoisotopic (exact) mass is 592 g/mol. The van der Waals surface area contributed by atoms with Gasteiger partial charge in [0.1, 0.15) is 17.4 Å². The molecule has 0 spiro atoms. The van der Waals surface area contributed by atoms with Crippen molar-refractivity contribution in [2.75, 3.05) is 50.1 Å². The summed E-state index contributed by atoms with van der Waals surface area (Å²) in [4.78, 5) is 19.6. The maximum Gasteiger partial charge on any atom is 0.323 e. The molecule has 2 amide bonds. The number of hydrogen-bond acceptors (Lipinski definition) is 6. The Morgan fingerprint density at radius 1 is 1.03 bits per heavy atom. The highest BCUT2D eigenvalue weighted by Gasteiger charge is 2.11. The number of rotatable bonds is 8. The number of benzene rings is 3. The predicted octanol–water partition coefficient (Wildman–Crippen LogP) is 6.90. The fourth-order valence-corrected chi connectivity index (χ4v) is 5.51. The number of carbonyl (C=O) groups is 1. The Balaban J connectivity index is 1.14. The largest absolute Gasteiger partial charge is 0.492 e. The van der Waals surface area contributed by atoms with Crippen molar-refractivity contribution in [3.63, 3.8) is 0 Å².